The van der Waals surface area contributed by atoms with Crippen LogP contribution in [0.25, 0.3) is 0 Å². The second-order valence-corrected chi connectivity index (χ2v) is 9.26. The number of aromatic amines is 1. The fourth-order valence-corrected chi connectivity index (χ4v) is 4.76. The summed E-state index contributed by atoms with van der Waals surface area (Å²) in [5, 5.41) is 9.71. The molecule has 0 amide bonds. The number of benzene rings is 1. The molecule has 0 aliphatic heterocycles. The van der Waals surface area contributed by atoms with E-state index in [1.54, 1.807) is 11.3 Å². The van der Waals surface area contributed by atoms with E-state index in [0.29, 0.717) is 23.3 Å². The highest BCUT2D eigenvalue weighted by molar-refractivity contribution is 7.99. The van der Waals surface area contributed by atoms with Crippen LogP contribution in [0.1, 0.15) is 38.0 Å². The van der Waals surface area contributed by atoms with Gasteiger partial charge >= 0.3 is 0 Å². The maximum absolute atomic E-state index is 12.8. The number of thiophene rings is 1. The van der Waals surface area contributed by atoms with Gasteiger partial charge in [0.25, 0.3) is 0 Å². The monoisotopic (exact) mass is 452 g/mol. The number of para-hydroxylation sites is 1. The summed E-state index contributed by atoms with van der Waals surface area (Å²) in [6.45, 7) is 7.14. The molecule has 4 rings (SSSR count). The third kappa shape index (κ3) is 5.08. The number of thioether (sulfide) groups is 1. The van der Waals surface area contributed by atoms with E-state index >= 15 is 0 Å². The van der Waals surface area contributed by atoms with Gasteiger partial charge in [-0.25, -0.2) is 4.98 Å². The molecule has 0 saturated heterocycles. The number of carbonyl (C=O) groups excluding carboxylic acids is 1. The Labute approximate surface area is 189 Å². The van der Waals surface area contributed by atoms with Gasteiger partial charge in [0.2, 0.25) is 5.16 Å². The topological polar surface area (TPSA) is 72.8 Å². The number of aromatic nitrogens is 4. The number of ketones is 1. The molecule has 0 fully saturated rings. The highest BCUT2D eigenvalue weighted by Gasteiger charge is 2.17. The van der Waals surface area contributed by atoms with Crippen molar-refractivity contribution >= 4 is 28.9 Å². The number of nitrogens with one attached hydrogen (secondary N) is 1. The molecule has 3 aromatic heterocycles. The van der Waals surface area contributed by atoms with Crippen molar-refractivity contribution in [3.8, 4) is 5.75 Å². The van der Waals surface area contributed by atoms with Crippen molar-refractivity contribution in [2.75, 3.05) is 5.75 Å². The predicted molar refractivity (Wildman–Crippen MR) is 124 cm³/mol. The van der Waals surface area contributed by atoms with Crippen LogP contribution in [0.2, 0.25) is 0 Å². The average molecular weight is 453 g/mol. The van der Waals surface area contributed by atoms with Gasteiger partial charge < -0.3 is 9.30 Å². The van der Waals surface area contributed by atoms with Gasteiger partial charge in [0.15, 0.2) is 11.6 Å². The summed E-state index contributed by atoms with van der Waals surface area (Å²) in [6, 6.07) is 14.0. The highest BCUT2D eigenvalue weighted by atomic mass is 32.2. The zero-order valence-corrected chi connectivity index (χ0v) is 19.3. The van der Waals surface area contributed by atoms with Gasteiger partial charge in [-0.2, -0.15) is 0 Å². The SMILES string of the molecule is Cc1ccccc1OCc1nc(SCC(=O)c2cc(C)n(Cc3cccs3)c2C)n[nH]1. The zero-order valence-electron chi connectivity index (χ0n) is 17.7. The first-order valence-electron chi connectivity index (χ1n) is 9.96. The lowest BCUT2D eigenvalue weighted by Gasteiger charge is -2.08. The average Bonchev–Trinajstić information content (AvgIpc) is 3.50. The first kappa shape index (κ1) is 21.4. The van der Waals surface area contributed by atoms with Gasteiger partial charge in [0.1, 0.15) is 12.4 Å². The largest absolute Gasteiger partial charge is 0.485 e. The quantitative estimate of drug-likeness (QED) is 0.279. The third-order valence-corrected chi connectivity index (χ3v) is 6.78. The van der Waals surface area contributed by atoms with Crippen LogP contribution in [0, 0.1) is 20.8 Å². The van der Waals surface area contributed by atoms with Gasteiger partial charge in [-0.1, -0.05) is 36.0 Å². The van der Waals surface area contributed by atoms with Crippen LogP contribution in [-0.2, 0) is 13.2 Å². The number of Topliss-reactive ketones (excluding diaryl/α,β-unsaturated/α-hetero) is 1. The smallest absolute Gasteiger partial charge is 0.208 e. The van der Waals surface area contributed by atoms with Crippen molar-refractivity contribution < 1.29 is 9.53 Å². The van der Waals surface area contributed by atoms with Crippen molar-refractivity contribution in [3.05, 3.63) is 81.1 Å². The first-order valence-corrected chi connectivity index (χ1v) is 11.8. The van der Waals surface area contributed by atoms with Gasteiger partial charge in [-0.15, -0.1) is 16.4 Å². The van der Waals surface area contributed by atoms with Crippen LogP contribution in [0.3, 0.4) is 0 Å². The molecular formula is C23H24N4O2S2. The fraction of sp³-hybridized carbons (Fsp3) is 0.261. The van der Waals surface area contributed by atoms with Gasteiger partial charge in [0.05, 0.1) is 12.3 Å². The molecule has 8 heteroatoms. The Hall–Kier alpha value is -2.84. The van der Waals surface area contributed by atoms with Crippen molar-refractivity contribution in [3.63, 3.8) is 0 Å². The summed E-state index contributed by atoms with van der Waals surface area (Å²) in [7, 11) is 0. The van der Waals surface area contributed by atoms with Gasteiger partial charge in [-0.05, 0) is 49.9 Å². The highest BCUT2D eigenvalue weighted by Crippen LogP contribution is 2.23. The number of hydrogen-bond acceptors (Lipinski definition) is 6. The minimum absolute atomic E-state index is 0.0815. The van der Waals surface area contributed by atoms with E-state index < -0.39 is 0 Å². The molecule has 3 heterocycles. The molecule has 31 heavy (non-hydrogen) atoms. The normalized spacial score (nSPS) is 11.1. The summed E-state index contributed by atoms with van der Waals surface area (Å²) in [5.74, 6) is 1.82. The van der Waals surface area contributed by atoms with E-state index in [2.05, 4.69) is 31.2 Å². The standard InChI is InChI=1S/C23H24N4O2S2/c1-15-7-4-5-9-21(15)29-13-22-24-23(26-25-22)31-14-20(28)19-11-16(2)27(17(19)3)12-18-8-6-10-30-18/h4-11H,12-14H2,1-3H3,(H,24,25,26). The molecule has 0 atom stereocenters. The fourth-order valence-electron chi connectivity index (χ4n) is 3.36. The minimum atomic E-state index is 0.0815. The summed E-state index contributed by atoms with van der Waals surface area (Å²) < 4.78 is 7.99. The summed E-state index contributed by atoms with van der Waals surface area (Å²) in [6.07, 6.45) is 0. The van der Waals surface area contributed by atoms with Gasteiger partial charge in [0, 0.05) is 21.8 Å². The summed E-state index contributed by atoms with van der Waals surface area (Å²) >= 11 is 3.06. The Morgan fingerprint density at radius 3 is 2.81 bits per heavy atom. The Kier molecular flexibility index (Phi) is 6.58. The van der Waals surface area contributed by atoms with Crippen LogP contribution in [0.4, 0.5) is 0 Å². The van der Waals surface area contributed by atoms with Crippen molar-refractivity contribution in [2.45, 2.75) is 39.1 Å². The molecule has 160 valence electrons. The first-order chi connectivity index (χ1) is 15.0. The third-order valence-electron chi connectivity index (χ3n) is 5.07. The van der Waals surface area contributed by atoms with Crippen molar-refractivity contribution in [2.24, 2.45) is 0 Å². The molecule has 1 N–H and O–H groups in total. The van der Waals surface area contributed by atoms with Crippen LogP contribution < -0.4 is 4.74 Å². The molecule has 0 radical (unpaired) electrons. The Morgan fingerprint density at radius 1 is 1.19 bits per heavy atom. The lowest BCUT2D eigenvalue weighted by atomic mass is 10.2. The second-order valence-electron chi connectivity index (χ2n) is 7.28. The number of carbonyl (C=O) groups is 1. The Balaban J connectivity index is 1.34. The van der Waals surface area contributed by atoms with Crippen LogP contribution in [-0.4, -0.2) is 31.3 Å². The van der Waals surface area contributed by atoms with Gasteiger partial charge in [-0.3, -0.25) is 9.89 Å². The predicted octanol–water partition coefficient (Wildman–Crippen LogP) is 5.20. The molecule has 6 nitrogen and oxygen atoms in total. The summed E-state index contributed by atoms with van der Waals surface area (Å²) in [5.41, 5.74) is 3.92. The Morgan fingerprint density at radius 2 is 2.03 bits per heavy atom. The zero-order chi connectivity index (χ0) is 21.8. The van der Waals surface area contributed by atoms with E-state index in [0.717, 1.165) is 34.8 Å². The molecular weight excluding hydrogens is 428 g/mol. The lowest BCUT2D eigenvalue weighted by Crippen LogP contribution is -2.07. The number of rotatable bonds is 9. The van der Waals surface area contributed by atoms with E-state index in [1.165, 1.54) is 16.6 Å². The molecule has 0 unspecified atom stereocenters. The van der Waals surface area contributed by atoms with Crippen LogP contribution in [0.5, 0.6) is 5.75 Å². The molecule has 0 saturated carbocycles. The van der Waals surface area contributed by atoms with E-state index in [1.807, 2.05) is 57.2 Å². The minimum Gasteiger partial charge on any atom is -0.485 e. The lowest BCUT2D eigenvalue weighted by molar-refractivity contribution is 0.102. The van der Waals surface area contributed by atoms with Crippen LogP contribution in [0.15, 0.2) is 53.0 Å². The van der Waals surface area contributed by atoms with E-state index in [4.69, 9.17) is 4.74 Å². The molecule has 1 aromatic carbocycles. The van der Waals surface area contributed by atoms with E-state index in [9.17, 15) is 4.79 Å². The maximum Gasteiger partial charge on any atom is 0.208 e. The number of nitrogens with zero attached hydrogens (tertiary/aromatic N) is 3. The molecule has 4 aromatic rings. The molecule has 0 bridgehead atoms. The van der Waals surface area contributed by atoms with Crippen molar-refractivity contribution in [1.82, 2.24) is 19.7 Å². The van der Waals surface area contributed by atoms with Crippen molar-refractivity contribution in [1.29, 1.82) is 0 Å². The maximum atomic E-state index is 12.8. The van der Waals surface area contributed by atoms with Crippen LogP contribution >= 0.6 is 23.1 Å². The second kappa shape index (κ2) is 9.53. The number of aryl methyl sites for hydroxylation is 2. The molecule has 0 aliphatic rings. The summed E-state index contributed by atoms with van der Waals surface area (Å²) in [4.78, 5) is 18.5. The van der Waals surface area contributed by atoms with E-state index in [-0.39, 0.29) is 5.78 Å². The molecule has 0 aliphatic carbocycles. The molecule has 0 spiro atoms. The number of ether oxygens (including phenoxy) is 1. The number of hydrogen-bond donors (Lipinski definition) is 1. The Bertz CT molecular complexity index is 1180. The number of H-pyrrole nitrogens is 1.